The zero-order chi connectivity index (χ0) is 11.5. The molecule has 1 saturated heterocycles. The Balaban J connectivity index is 1.90. The van der Waals surface area contributed by atoms with Crippen molar-refractivity contribution in [1.29, 1.82) is 0 Å². The summed E-state index contributed by atoms with van der Waals surface area (Å²) in [4.78, 5) is 16.8. The lowest BCUT2D eigenvalue weighted by atomic mass is 9.81. The SMILES string of the molecule is CN1CCCN(C)C(C(=O)CC2CCC2)C1. The molecule has 16 heavy (non-hydrogen) atoms. The number of hydrogen-bond donors (Lipinski definition) is 0. The van der Waals surface area contributed by atoms with Gasteiger partial charge in [0.1, 0.15) is 0 Å². The van der Waals surface area contributed by atoms with Crippen molar-refractivity contribution in [3.05, 3.63) is 0 Å². The molecule has 0 bridgehead atoms. The highest BCUT2D eigenvalue weighted by molar-refractivity contribution is 5.84. The minimum Gasteiger partial charge on any atom is -0.304 e. The lowest BCUT2D eigenvalue weighted by molar-refractivity contribution is -0.125. The van der Waals surface area contributed by atoms with E-state index in [0.717, 1.165) is 26.1 Å². The van der Waals surface area contributed by atoms with Gasteiger partial charge >= 0.3 is 0 Å². The highest BCUT2D eigenvalue weighted by Gasteiger charge is 2.30. The van der Waals surface area contributed by atoms with Gasteiger partial charge in [-0.25, -0.2) is 0 Å². The Morgan fingerprint density at radius 2 is 1.94 bits per heavy atom. The van der Waals surface area contributed by atoms with Crippen molar-refractivity contribution < 1.29 is 4.79 Å². The molecule has 0 aromatic rings. The van der Waals surface area contributed by atoms with Crippen molar-refractivity contribution in [1.82, 2.24) is 9.80 Å². The molecule has 0 aromatic carbocycles. The molecule has 1 atom stereocenters. The standard InChI is InChI=1S/C13H24N2O/c1-14-7-4-8-15(2)12(10-14)13(16)9-11-5-3-6-11/h11-12H,3-10H2,1-2H3. The van der Waals surface area contributed by atoms with E-state index in [1.54, 1.807) is 0 Å². The van der Waals surface area contributed by atoms with Gasteiger partial charge < -0.3 is 4.90 Å². The van der Waals surface area contributed by atoms with Crippen LogP contribution in [0.2, 0.25) is 0 Å². The smallest absolute Gasteiger partial charge is 0.151 e. The van der Waals surface area contributed by atoms with E-state index in [1.165, 1.54) is 25.7 Å². The van der Waals surface area contributed by atoms with Gasteiger partial charge in [0.05, 0.1) is 6.04 Å². The third-order valence-electron chi connectivity index (χ3n) is 4.15. The Bertz CT molecular complexity index is 250. The van der Waals surface area contributed by atoms with Crippen LogP contribution in [0.1, 0.15) is 32.1 Å². The minimum atomic E-state index is 0.146. The van der Waals surface area contributed by atoms with E-state index in [0.29, 0.717) is 11.7 Å². The second-order valence-corrected chi connectivity index (χ2v) is 5.58. The van der Waals surface area contributed by atoms with Crippen LogP contribution >= 0.6 is 0 Å². The van der Waals surface area contributed by atoms with Gasteiger partial charge in [-0.2, -0.15) is 0 Å². The van der Waals surface area contributed by atoms with Crippen LogP contribution < -0.4 is 0 Å². The maximum Gasteiger partial charge on any atom is 0.151 e. The second-order valence-electron chi connectivity index (χ2n) is 5.58. The predicted molar refractivity (Wildman–Crippen MR) is 65.5 cm³/mol. The normalized spacial score (nSPS) is 29.8. The maximum atomic E-state index is 12.2. The molecule has 2 fully saturated rings. The molecule has 1 saturated carbocycles. The van der Waals surface area contributed by atoms with Gasteiger partial charge in [0, 0.05) is 13.0 Å². The van der Waals surface area contributed by atoms with Gasteiger partial charge in [-0.3, -0.25) is 9.69 Å². The molecule has 0 radical (unpaired) electrons. The fraction of sp³-hybridized carbons (Fsp3) is 0.923. The Labute approximate surface area is 98.8 Å². The molecule has 3 nitrogen and oxygen atoms in total. The summed E-state index contributed by atoms with van der Waals surface area (Å²) in [5, 5.41) is 0. The molecule has 92 valence electrons. The second kappa shape index (κ2) is 5.28. The lowest BCUT2D eigenvalue weighted by Gasteiger charge is -2.30. The molecule has 2 aliphatic rings. The van der Waals surface area contributed by atoms with Gasteiger partial charge in [-0.05, 0) is 39.5 Å². The molecule has 0 amide bonds. The number of carbonyl (C=O) groups is 1. The molecule has 0 spiro atoms. The molecule has 3 heteroatoms. The number of Topliss-reactive ketones (excluding diaryl/α,β-unsaturated/α-hetero) is 1. The van der Waals surface area contributed by atoms with Crippen LogP contribution in [0.3, 0.4) is 0 Å². The maximum absolute atomic E-state index is 12.2. The number of likely N-dealkylation sites (N-methyl/N-ethyl adjacent to an activating group) is 2. The Hall–Kier alpha value is -0.410. The van der Waals surface area contributed by atoms with Crippen molar-refractivity contribution in [2.75, 3.05) is 33.7 Å². The number of ketones is 1. The van der Waals surface area contributed by atoms with E-state index in [9.17, 15) is 4.79 Å². The van der Waals surface area contributed by atoms with E-state index in [1.807, 2.05) is 0 Å². The van der Waals surface area contributed by atoms with Gasteiger partial charge in [0.2, 0.25) is 0 Å². The summed E-state index contributed by atoms with van der Waals surface area (Å²) in [5.74, 6) is 1.18. The predicted octanol–water partition coefficient (Wildman–Crippen LogP) is 1.38. The summed E-state index contributed by atoms with van der Waals surface area (Å²) in [6.07, 6.45) is 5.89. The van der Waals surface area contributed by atoms with E-state index < -0.39 is 0 Å². The first-order valence-electron chi connectivity index (χ1n) is 6.58. The van der Waals surface area contributed by atoms with Crippen LogP contribution in [0.25, 0.3) is 0 Å². The fourth-order valence-corrected chi connectivity index (χ4v) is 2.74. The Kier molecular flexibility index (Phi) is 3.98. The topological polar surface area (TPSA) is 23.6 Å². The third kappa shape index (κ3) is 2.83. The van der Waals surface area contributed by atoms with Crippen molar-refractivity contribution in [3.8, 4) is 0 Å². The minimum absolute atomic E-state index is 0.146. The highest BCUT2D eigenvalue weighted by atomic mass is 16.1. The summed E-state index contributed by atoms with van der Waals surface area (Å²) in [6, 6.07) is 0.146. The fourth-order valence-electron chi connectivity index (χ4n) is 2.74. The molecule has 0 N–H and O–H groups in total. The summed E-state index contributed by atoms with van der Waals surface area (Å²) >= 11 is 0. The van der Waals surface area contributed by atoms with Gasteiger partial charge in [0.15, 0.2) is 5.78 Å². The molecule has 0 aromatic heterocycles. The van der Waals surface area contributed by atoms with Crippen molar-refractivity contribution in [3.63, 3.8) is 0 Å². The molecule has 2 rings (SSSR count). The van der Waals surface area contributed by atoms with E-state index >= 15 is 0 Å². The molecule has 1 unspecified atom stereocenters. The lowest BCUT2D eigenvalue weighted by Crippen LogP contribution is -2.44. The number of rotatable bonds is 3. The van der Waals surface area contributed by atoms with Crippen molar-refractivity contribution in [2.24, 2.45) is 5.92 Å². The van der Waals surface area contributed by atoms with E-state index in [-0.39, 0.29) is 6.04 Å². The van der Waals surface area contributed by atoms with Crippen LogP contribution in [0, 0.1) is 5.92 Å². The molecule has 1 aliphatic carbocycles. The zero-order valence-electron chi connectivity index (χ0n) is 10.6. The zero-order valence-corrected chi connectivity index (χ0v) is 10.6. The van der Waals surface area contributed by atoms with Crippen LogP contribution in [0.5, 0.6) is 0 Å². The largest absolute Gasteiger partial charge is 0.304 e. The highest BCUT2D eigenvalue weighted by Crippen LogP contribution is 2.30. The first-order chi connectivity index (χ1) is 7.66. The van der Waals surface area contributed by atoms with Crippen LogP contribution in [0.4, 0.5) is 0 Å². The van der Waals surface area contributed by atoms with Gasteiger partial charge in [-0.15, -0.1) is 0 Å². The summed E-state index contributed by atoms with van der Waals surface area (Å²) in [5.41, 5.74) is 0. The summed E-state index contributed by atoms with van der Waals surface area (Å²) in [7, 11) is 4.23. The molecular formula is C13H24N2O. The Morgan fingerprint density at radius 1 is 1.19 bits per heavy atom. The third-order valence-corrected chi connectivity index (χ3v) is 4.15. The summed E-state index contributed by atoms with van der Waals surface area (Å²) in [6.45, 7) is 3.10. The first kappa shape index (κ1) is 12.1. The van der Waals surface area contributed by atoms with E-state index in [2.05, 4.69) is 23.9 Å². The van der Waals surface area contributed by atoms with Gasteiger partial charge in [-0.1, -0.05) is 19.3 Å². The molecule has 1 aliphatic heterocycles. The molecular weight excluding hydrogens is 200 g/mol. The monoisotopic (exact) mass is 224 g/mol. The van der Waals surface area contributed by atoms with Crippen LogP contribution in [-0.2, 0) is 4.79 Å². The average Bonchev–Trinajstić information content (AvgIpc) is 2.34. The molecule has 1 heterocycles. The quantitative estimate of drug-likeness (QED) is 0.723. The van der Waals surface area contributed by atoms with Gasteiger partial charge in [0.25, 0.3) is 0 Å². The number of hydrogen-bond acceptors (Lipinski definition) is 3. The van der Waals surface area contributed by atoms with Crippen molar-refractivity contribution >= 4 is 5.78 Å². The van der Waals surface area contributed by atoms with Crippen LogP contribution in [0.15, 0.2) is 0 Å². The van der Waals surface area contributed by atoms with E-state index in [4.69, 9.17) is 0 Å². The van der Waals surface area contributed by atoms with Crippen LogP contribution in [-0.4, -0.2) is 55.4 Å². The first-order valence-corrected chi connectivity index (χ1v) is 6.58. The summed E-state index contributed by atoms with van der Waals surface area (Å²) < 4.78 is 0. The number of carbonyl (C=O) groups excluding carboxylic acids is 1. The average molecular weight is 224 g/mol. The number of nitrogens with zero attached hydrogens (tertiary/aromatic N) is 2. The Morgan fingerprint density at radius 3 is 2.56 bits per heavy atom. The van der Waals surface area contributed by atoms with Crippen molar-refractivity contribution in [2.45, 2.75) is 38.1 Å².